The summed E-state index contributed by atoms with van der Waals surface area (Å²) in [6.45, 7) is 6.04. The highest BCUT2D eigenvalue weighted by atomic mass is 16.5. The smallest absolute Gasteiger partial charge is 0.0877 e. The third kappa shape index (κ3) is 3.13. The van der Waals surface area contributed by atoms with Crippen LogP contribution < -0.4 is 0 Å². The summed E-state index contributed by atoms with van der Waals surface area (Å²) in [5, 5.41) is 0. The molecule has 1 aromatic rings. The van der Waals surface area contributed by atoms with Crippen LogP contribution in [0.1, 0.15) is 50.7 Å². The molecular formula is C17H22O. The summed E-state index contributed by atoms with van der Waals surface area (Å²) in [5.41, 5.74) is 5.60. The second kappa shape index (κ2) is 6.58. The minimum Gasteiger partial charge on any atom is -0.365 e. The third-order valence-electron chi connectivity index (χ3n) is 3.59. The molecule has 1 heterocycles. The Labute approximate surface area is 110 Å². The van der Waals surface area contributed by atoms with Crippen molar-refractivity contribution in [3.05, 3.63) is 53.8 Å². The highest BCUT2D eigenvalue weighted by Crippen LogP contribution is 2.37. The van der Waals surface area contributed by atoms with Gasteiger partial charge in [-0.2, -0.15) is 0 Å². The summed E-state index contributed by atoms with van der Waals surface area (Å²) in [7, 11) is 0. The van der Waals surface area contributed by atoms with Gasteiger partial charge in [0.1, 0.15) is 0 Å². The molecule has 1 aliphatic heterocycles. The fourth-order valence-electron chi connectivity index (χ4n) is 2.53. The summed E-state index contributed by atoms with van der Waals surface area (Å²) >= 11 is 0. The van der Waals surface area contributed by atoms with Crippen LogP contribution >= 0.6 is 0 Å². The number of hydrogen-bond acceptors (Lipinski definition) is 1. The maximum atomic E-state index is 6.16. The maximum Gasteiger partial charge on any atom is 0.0877 e. The number of unbranched alkanes of at least 4 members (excludes halogenated alkanes) is 2. The molecule has 2 atom stereocenters. The zero-order valence-corrected chi connectivity index (χ0v) is 11.2. The van der Waals surface area contributed by atoms with Crippen LogP contribution in [0.25, 0.3) is 0 Å². The first-order valence-corrected chi connectivity index (χ1v) is 6.94. The molecule has 18 heavy (non-hydrogen) atoms. The Kier molecular flexibility index (Phi) is 4.81. The van der Waals surface area contributed by atoms with Gasteiger partial charge in [0.2, 0.25) is 0 Å². The third-order valence-corrected chi connectivity index (χ3v) is 3.59. The van der Waals surface area contributed by atoms with Gasteiger partial charge in [-0.3, -0.25) is 0 Å². The molecule has 1 heteroatoms. The Morgan fingerprint density at radius 3 is 2.72 bits per heavy atom. The van der Waals surface area contributed by atoms with E-state index in [1.54, 1.807) is 0 Å². The molecule has 1 aromatic carbocycles. The lowest BCUT2D eigenvalue weighted by Crippen LogP contribution is -2.07. The van der Waals surface area contributed by atoms with Crippen LogP contribution in [0.3, 0.4) is 0 Å². The molecule has 1 saturated heterocycles. The predicted octanol–water partition coefficient (Wildman–Crippen LogP) is 4.81. The summed E-state index contributed by atoms with van der Waals surface area (Å²) in [6.07, 6.45) is 6.25. The number of hydrogen-bond donors (Lipinski definition) is 0. The van der Waals surface area contributed by atoms with Gasteiger partial charge in [-0.25, -0.2) is 0 Å². The predicted molar refractivity (Wildman–Crippen MR) is 75.5 cm³/mol. The van der Waals surface area contributed by atoms with Crippen molar-refractivity contribution < 1.29 is 4.74 Å². The van der Waals surface area contributed by atoms with E-state index in [2.05, 4.69) is 43.5 Å². The number of benzene rings is 1. The standard InChI is InChI=1S/C17H22O/c1-3-5-7-12-16-14(4-2)13-17(18-16)15-10-8-6-9-11-15/h6,8-11,16-17H,2-3,5,7,12-13H2,1H3/t16-,17-/m0/s1. The zero-order chi connectivity index (χ0) is 12.8. The van der Waals surface area contributed by atoms with Crippen LogP contribution in [0.5, 0.6) is 0 Å². The van der Waals surface area contributed by atoms with E-state index >= 15 is 0 Å². The van der Waals surface area contributed by atoms with Gasteiger partial charge in [-0.05, 0) is 12.0 Å². The summed E-state index contributed by atoms with van der Waals surface area (Å²) < 4.78 is 6.16. The van der Waals surface area contributed by atoms with E-state index in [-0.39, 0.29) is 12.2 Å². The number of ether oxygens (including phenoxy) is 1. The van der Waals surface area contributed by atoms with Crippen molar-refractivity contribution in [1.29, 1.82) is 0 Å². The van der Waals surface area contributed by atoms with Crippen molar-refractivity contribution in [2.75, 3.05) is 0 Å². The molecule has 0 aliphatic carbocycles. The second-order valence-corrected chi connectivity index (χ2v) is 4.93. The van der Waals surface area contributed by atoms with Crippen LogP contribution in [0.2, 0.25) is 0 Å². The molecule has 1 aliphatic rings. The monoisotopic (exact) mass is 242 g/mol. The van der Waals surface area contributed by atoms with Crippen molar-refractivity contribution in [3.8, 4) is 0 Å². The van der Waals surface area contributed by atoms with Gasteiger partial charge in [0.25, 0.3) is 0 Å². The molecule has 0 amide bonds. The first-order valence-electron chi connectivity index (χ1n) is 6.94. The van der Waals surface area contributed by atoms with Gasteiger partial charge >= 0.3 is 0 Å². The van der Waals surface area contributed by atoms with Crippen LogP contribution in [0.4, 0.5) is 0 Å². The molecule has 2 rings (SSSR count). The van der Waals surface area contributed by atoms with Gasteiger partial charge in [0.05, 0.1) is 12.2 Å². The van der Waals surface area contributed by atoms with Gasteiger partial charge in [-0.1, -0.05) is 63.1 Å². The highest BCUT2D eigenvalue weighted by Gasteiger charge is 2.30. The maximum absolute atomic E-state index is 6.16. The quantitative estimate of drug-likeness (QED) is 0.532. The average molecular weight is 242 g/mol. The molecule has 0 spiro atoms. The molecule has 96 valence electrons. The van der Waals surface area contributed by atoms with E-state index in [0.717, 1.165) is 12.8 Å². The van der Waals surface area contributed by atoms with Crippen molar-refractivity contribution in [2.24, 2.45) is 0 Å². The lowest BCUT2D eigenvalue weighted by Gasteiger charge is -2.13. The Hall–Kier alpha value is -1.30. The Morgan fingerprint density at radius 2 is 2.06 bits per heavy atom. The van der Waals surface area contributed by atoms with Gasteiger partial charge < -0.3 is 4.74 Å². The van der Waals surface area contributed by atoms with Crippen LogP contribution in [0, 0.1) is 0 Å². The van der Waals surface area contributed by atoms with Crippen molar-refractivity contribution >= 4 is 0 Å². The first-order chi connectivity index (χ1) is 8.85. The van der Waals surface area contributed by atoms with Crippen molar-refractivity contribution in [1.82, 2.24) is 0 Å². The van der Waals surface area contributed by atoms with Crippen LogP contribution in [-0.4, -0.2) is 6.10 Å². The van der Waals surface area contributed by atoms with E-state index in [9.17, 15) is 0 Å². The Morgan fingerprint density at radius 1 is 1.28 bits per heavy atom. The topological polar surface area (TPSA) is 9.23 Å². The normalized spacial score (nSPS) is 23.1. The van der Waals surface area contributed by atoms with Crippen LogP contribution in [-0.2, 0) is 4.74 Å². The first kappa shape index (κ1) is 13.1. The summed E-state index contributed by atoms with van der Waals surface area (Å²) in [6, 6.07) is 10.5. The fraction of sp³-hybridized carbons (Fsp3) is 0.471. The summed E-state index contributed by atoms with van der Waals surface area (Å²) in [4.78, 5) is 0. The van der Waals surface area contributed by atoms with E-state index in [1.165, 1.54) is 30.4 Å². The molecule has 0 N–H and O–H groups in total. The molecule has 1 fully saturated rings. The zero-order valence-electron chi connectivity index (χ0n) is 11.2. The molecule has 0 radical (unpaired) electrons. The van der Waals surface area contributed by atoms with Crippen LogP contribution in [0.15, 0.2) is 48.2 Å². The van der Waals surface area contributed by atoms with Crippen molar-refractivity contribution in [3.63, 3.8) is 0 Å². The Balaban J connectivity index is 2.00. The van der Waals surface area contributed by atoms with E-state index < -0.39 is 0 Å². The fourth-order valence-corrected chi connectivity index (χ4v) is 2.53. The lowest BCUT2D eigenvalue weighted by molar-refractivity contribution is 0.0463. The lowest BCUT2D eigenvalue weighted by atomic mass is 10.0. The molecule has 0 unspecified atom stereocenters. The Bertz CT molecular complexity index is 414. The summed E-state index contributed by atoms with van der Waals surface area (Å²) in [5.74, 6) is 0. The SMILES string of the molecule is C=C=C1C[C@@H](c2ccccc2)O[C@H]1CCCCC. The highest BCUT2D eigenvalue weighted by molar-refractivity contribution is 5.24. The van der Waals surface area contributed by atoms with E-state index in [4.69, 9.17) is 4.74 Å². The van der Waals surface area contributed by atoms with Gasteiger partial charge in [0.15, 0.2) is 0 Å². The molecular weight excluding hydrogens is 220 g/mol. The molecule has 0 bridgehead atoms. The van der Waals surface area contributed by atoms with Gasteiger partial charge in [0, 0.05) is 12.0 Å². The molecule has 0 aromatic heterocycles. The minimum absolute atomic E-state index is 0.196. The van der Waals surface area contributed by atoms with E-state index in [0.29, 0.717) is 0 Å². The van der Waals surface area contributed by atoms with Gasteiger partial charge in [-0.15, -0.1) is 5.73 Å². The second-order valence-electron chi connectivity index (χ2n) is 4.93. The molecule has 0 saturated carbocycles. The average Bonchev–Trinajstić information content (AvgIpc) is 2.83. The van der Waals surface area contributed by atoms with Crippen molar-refractivity contribution in [2.45, 2.75) is 51.2 Å². The van der Waals surface area contributed by atoms with E-state index in [1.807, 2.05) is 6.07 Å². The minimum atomic E-state index is 0.196. The number of rotatable bonds is 5. The largest absolute Gasteiger partial charge is 0.365 e. The molecule has 1 nitrogen and oxygen atoms in total.